The first kappa shape index (κ1) is 15.7. The van der Waals surface area contributed by atoms with Gasteiger partial charge >= 0.3 is 0 Å². The molecule has 2 aromatic rings. The molecule has 1 aliphatic rings. The molecule has 22 heavy (non-hydrogen) atoms. The molecule has 0 aliphatic carbocycles. The number of aliphatic hydroxyl groups is 1. The largest absolute Gasteiger partial charge is 0.465 e. The number of nitrogens with zero attached hydrogens (tertiary/aromatic N) is 2. The minimum absolute atomic E-state index is 0.241. The van der Waals surface area contributed by atoms with E-state index >= 15 is 0 Å². The summed E-state index contributed by atoms with van der Waals surface area (Å²) < 4.78 is 5.71. The van der Waals surface area contributed by atoms with E-state index in [1.807, 2.05) is 13.0 Å². The zero-order valence-corrected chi connectivity index (χ0v) is 13.9. The van der Waals surface area contributed by atoms with E-state index in [1.165, 1.54) is 5.56 Å². The van der Waals surface area contributed by atoms with Crippen LogP contribution in [0.15, 0.2) is 33.4 Å². The molecule has 5 heteroatoms. The van der Waals surface area contributed by atoms with E-state index in [2.05, 4.69) is 32.7 Å². The van der Waals surface area contributed by atoms with E-state index < -0.39 is 0 Å². The zero-order valence-electron chi connectivity index (χ0n) is 13.1. The Morgan fingerprint density at radius 3 is 2.86 bits per heavy atom. The van der Waals surface area contributed by atoms with Crippen molar-refractivity contribution >= 4 is 11.3 Å². The summed E-state index contributed by atoms with van der Waals surface area (Å²) in [6.45, 7) is 7.17. The number of aryl methyl sites for hydroxylation is 1. The van der Waals surface area contributed by atoms with Gasteiger partial charge in [-0.05, 0) is 47.9 Å². The first-order valence-corrected chi connectivity index (χ1v) is 8.82. The lowest BCUT2D eigenvalue weighted by molar-refractivity contribution is 0.0455. The second kappa shape index (κ2) is 7.42. The van der Waals surface area contributed by atoms with Gasteiger partial charge in [-0.15, -0.1) is 0 Å². The highest BCUT2D eigenvalue weighted by atomic mass is 32.1. The van der Waals surface area contributed by atoms with E-state index in [4.69, 9.17) is 4.42 Å². The summed E-state index contributed by atoms with van der Waals surface area (Å²) in [5.74, 6) is 1.98. The monoisotopic (exact) mass is 320 g/mol. The van der Waals surface area contributed by atoms with Gasteiger partial charge in [0.25, 0.3) is 0 Å². The molecule has 1 atom stereocenters. The van der Waals surface area contributed by atoms with Crippen molar-refractivity contribution in [3.8, 4) is 0 Å². The van der Waals surface area contributed by atoms with Gasteiger partial charge in [0.2, 0.25) is 0 Å². The topological polar surface area (TPSA) is 39.9 Å². The molecular weight excluding hydrogens is 296 g/mol. The first-order valence-electron chi connectivity index (χ1n) is 7.88. The number of hydrogen-bond donors (Lipinski definition) is 1. The molecule has 0 saturated carbocycles. The Kier molecular flexibility index (Phi) is 5.31. The van der Waals surface area contributed by atoms with E-state index in [1.54, 1.807) is 11.3 Å². The minimum atomic E-state index is 0.241. The molecular formula is C17H24N2O2S. The number of aliphatic hydroxyl groups excluding tert-OH is 1. The molecule has 1 aliphatic heterocycles. The summed E-state index contributed by atoms with van der Waals surface area (Å²) in [5, 5.41) is 13.7. The molecule has 0 bridgehead atoms. The van der Waals surface area contributed by atoms with Crippen LogP contribution >= 0.6 is 11.3 Å². The average Bonchev–Trinajstić information content (AvgIpc) is 3.14. The number of furan rings is 1. The van der Waals surface area contributed by atoms with Crippen LogP contribution in [0, 0.1) is 6.92 Å². The van der Waals surface area contributed by atoms with E-state index in [-0.39, 0.29) is 6.61 Å². The van der Waals surface area contributed by atoms with E-state index in [0.717, 1.165) is 50.7 Å². The molecule has 2 aromatic heterocycles. The zero-order chi connectivity index (χ0) is 15.4. The van der Waals surface area contributed by atoms with Gasteiger partial charge in [-0.3, -0.25) is 9.80 Å². The highest BCUT2D eigenvalue weighted by molar-refractivity contribution is 7.07. The van der Waals surface area contributed by atoms with Crippen LogP contribution in [-0.2, 0) is 13.1 Å². The molecule has 3 heterocycles. The smallest absolute Gasteiger partial charge is 0.118 e. The highest BCUT2D eigenvalue weighted by Crippen LogP contribution is 2.20. The standard InChI is InChI=1S/C17H24N2O2S/c1-14-2-3-17(21-14)12-19-7-6-18(11-16(19)4-8-20)10-15-5-9-22-13-15/h2-3,5,9,13,16,20H,4,6-8,10-12H2,1H3. The quantitative estimate of drug-likeness (QED) is 0.888. The summed E-state index contributed by atoms with van der Waals surface area (Å²) in [7, 11) is 0. The minimum Gasteiger partial charge on any atom is -0.465 e. The Labute approximate surface area is 136 Å². The van der Waals surface area contributed by atoms with Gasteiger partial charge in [-0.25, -0.2) is 0 Å². The predicted octanol–water partition coefficient (Wildman–Crippen LogP) is 2.72. The van der Waals surface area contributed by atoms with Crippen molar-refractivity contribution in [2.45, 2.75) is 32.5 Å². The second-order valence-corrected chi connectivity index (χ2v) is 6.80. The van der Waals surface area contributed by atoms with Crippen molar-refractivity contribution in [2.24, 2.45) is 0 Å². The van der Waals surface area contributed by atoms with Crippen molar-refractivity contribution in [2.75, 3.05) is 26.2 Å². The molecule has 1 fully saturated rings. The highest BCUT2D eigenvalue weighted by Gasteiger charge is 2.27. The number of rotatable bonds is 6. The Morgan fingerprint density at radius 1 is 1.27 bits per heavy atom. The molecule has 1 saturated heterocycles. The van der Waals surface area contributed by atoms with Crippen molar-refractivity contribution < 1.29 is 9.52 Å². The molecule has 1 N–H and O–H groups in total. The lowest BCUT2D eigenvalue weighted by atomic mass is 10.1. The van der Waals surface area contributed by atoms with E-state index in [9.17, 15) is 5.11 Å². The van der Waals surface area contributed by atoms with Crippen molar-refractivity contribution in [3.05, 3.63) is 46.0 Å². The summed E-state index contributed by atoms with van der Waals surface area (Å²) >= 11 is 1.75. The SMILES string of the molecule is Cc1ccc(CN2CCN(Cc3ccsc3)CC2CCO)o1. The van der Waals surface area contributed by atoms with Crippen LogP contribution in [0.25, 0.3) is 0 Å². The third-order valence-electron chi connectivity index (χ3n) is 4.29. The van der Waals surface area contributed by atoms with Crippen LogP contribution in [0.4, 0.5) is 0 Å². The lowest BCUT2D eigenvalue weighted by Crippen LogP contribution is -2.52. The Morgan fingerprint density at radius 2 is 2.18 bits per heavy atom. The fourth-order valence-electron chi connectivity index (χ4n) is 3.14. The van der Waals surface area contributed by atoms with Gasteiger partial charge in [-0.1, -0.05) is 0 Å². The van der Waals surface area contributed by atoms with Crippen LogP contribution in [0.1, 0.15) is 23.5 Å². The van der Waals surface area contributed by atoms with Crippen molar-refractivity contribution in [1.29, 1.82) is 0 Å². The van der Waals surface area contributed by atoms with Gasteiger partial charge in [0.1, 0.15) is 11.5 Å². The number of piperazine rings is 1. The van der Waals surface area contributed by atoms with Crippen LogP contribution in [-0.4, -0.2) is 47.2 Å². The first-order chi connectivity index (χ1) is 10.7. The number of hydrogen-bond acceptors (Lipinski definition) is 5. The normalized spacial score (nSPS) is 20.5. The maximum atomic E-state index is 9.38. The fourth-order valence-corrected chi connectivity index (χ4v) is 3.80. The van der Waals surface area contributed by atoms with Crippen LogP contribution in [0.2, 0.25) is 0 Å². The molecule has 0 amide bonds. The van der Waals surface area contributed by atoms with Gasteiger partial charge in [0.05, 0.1) is 6.54 Å². The van der Waals surface area contributed by atoms with Crippen molar-refractivity contribution in [1.82, 2.24) is 9.80 Å². The average molecular weight is 320 g/mol. The lowest BCUT2D eigenvalue weighted by Gasteiger charge is -2.41. The predicted molar refractivity (Wildman–Crippen MR) is 88.9 cm³/mol. The summed E-state index contributed by atoms with van der Waals surface area (Å²) in [5.41, 5.74) is 1.39. The van der Waals surface area contributed by atoms with Crippen molar-refractivity contribution in [3.63, 3.8) is 0 Å². The molecule has 0 aromatic carbocycles. The van der Waals surface area contributed by atoms with E-state index in [0.29, 0.717) is 6.04 Å². The van der Waals surface area contributed by atoms with Gasteiger partial charge in [0.15, 0.2) is 0 Å². The van der Waals surface area contributed by atoms with Gasteiger partial charge in [-0.2, -0.15) is 11.3 Å². The summed E-state index contributed by atoms with van der Waals surface area (Å²) in [4.78, 5) is 4.94. The Balaban J connectivity index is 1.60. The number of thiophene rings is 1. The Hall–Kier alpha value is -1.14. The third kappa shape index (κ3) is 3.98. The molecule has 1 unspecified atom stereocenters. The maximum Gasteiger partial charge on any atom is 0.118 e. The summed E-state index contributed by atoms with van der Waals surface area (Å²) in [6, 6.07) is 6.67. The second-order valence-electron chi connectivity index (χ2n) is 6.02. The fraction of sp³-hybridized carbons (Fsp3) is 0.529. The maximum absolute atomic E-state index is 9.38. The molecule has 120 valence electrons. The van der Waals surface area contributed by atoms with Gasteiger partial charge in [0, 0.05) is 38.8 Å². The molecule has 3 rings (SSSR count). The molecule has 0 spiro atoms. The summed E-state index contributed by atoms with van der Waals surface area (Å²) in [6.07, 6.45) is 0.819. The Bertz CT molecular complexity index is 567. The van der Waals surface area contributed by atoms with Gasteiger partial charge < -0.3 is 9.52 Å². The molecule has 4 nitrogen and oxygen atoms in total. The van der Waals surface area contributed by atoms with Crippen LogP contribution in [0.5, 0.6) is 0 Å². The third-order valence-corrected chi connectivity index (χ3v) is 5.02. The van der Waals surface area contributed by atoms with Crippen LogP contribution in [0.3, 0.4) is 0 Å². The molecule has 0 radical (unpaired) electrons. The van der Waals surface area contributed by atoms with Crippen LogP contribution < -0.4 is 0 Å².